The fraction of sp³-hybridized carbons (Fsp3) is 0.278. The van der Waals surface area contributed by atoms with Gasteiger partial charge in [0, 0.05) is 17.6 Å². The van der Waals surface area contributed by atoms with Crippen LogP contribution in [0.2, 0.25) is 0 Å². The van der Waals surface area contributed by atoms with Gasteiger partial charge in [0.05, 0.1) is 4.90 Å². The topological polar surface area (TPSA) is 75.3 Å². The van der Waals surface area contributed by atoms with Crippen molar-refractivity contribution in [3.63, 3.8) is 0 Å². The van der Waals surface area contributed by atoms with E-state index in [0.29, 0.717) is 5.56 Å². The molecule has 0 saturated carbocycles. The molecule has 2 aromatic carbocycles. The van der Waals surface area contributed by atoms with Crippen molar-refractivity contribution < 1.29 is 13.2 Å². The Morgan fingerprint density at radius 2 is 1.50 bits per heavy atom. The molecule has 0 aliphatic rings. The van der Waals surface area contributed by atoms with E-state index in [2.05, 4.69) is 10.0 Å². The third kappa shape index (κ3) is 4.66. The number of amides is 1. The molecule has 0 aliphatic heterocycles. The van der Waals surface area contributed by atoms with Gasteiger partial charge < -0.3 is 5.32 Å². The fourth-order valence-corrected chi connectivity index (χ4v) is 3.47. The summed E-state index contributed by atoms with van der Waals surface area (Å²) in [5.41, 5.74) is 1.31. The Kier molecular flexibility index (Phi) is 5.75. The van der Waals surface area contributed by atoms with Gasteiger partial charge >= 0.3 is 0 Å². The normalized spacial score (nSPS) is 12.8. The van der Waals surface area contributed by atoms with Crippen LogP contribution >= 0.6 is 0 Å². The molecule has 0 aliphatic carbocycles. The van der Waals surface area contributed by atoms with Gasteiger partial charge in [-0.25, -0.2) is 13.1 Å². The van der Waals surface area contributed by atoms with E-state index in [1.165, 1.54) is 24.3 Å². The van der Waals surface area contributed by atoms with Crippen molar-refractivity contribution >= 4 is 15.9 Å². The minimum atomic E-state index is -3.65. The van der Waals surface area contributed by atoms with Crippen LogP contribution in [-0.4, -0.2) is 20.4 Å². The molecular weight excluding hydrogens is 324 g/mol. The minimum Gasteiger partial charge on any atom is -0.350 e. The molecule has 0 spiro atoms. The van der Waals surface area contributed by atoms with Gasteiger partial charge in [-0.15, -0.1) is 0 Å². The lowest BCUT2D eigenvalue weighted by Crippen LogP contribution is -2.30. The first-order chi connectivity index (χ1) is 11.3. The van der Waals surface area contributed by atoms with Crippen molar-refractivity contribution in [1.82, 2.24) is 10.0 Å². The minimum absolute atomic E-state index is 0.0225. The van der Waals surface area contributed by atoms with E-state index >= 15 is 0 Å². The van der Waals surface area contributed by atoms with E-state index in [-0.39, 0.29) is 22.9 Å². The van der Waals surface area contributed by atoms with Crippen molar-refractivity contribution in [2.24, 2.45) is 0 Å². The SMILES string of the molecule is CC(C)NC(=O)c1ccc(S(=O)(=O)NC(C)c2ccccc2)cc1. The average Bonchev–Trinajstić information content (AvgIpc) is 2.55. The van der Waals surface area contributed by atoms with Crippen LogP contribution in [0.3, 0.4) is 0 Å². The summed E-state index contributed by atoms with van der Waals surface area (Å²) in [5, 5.41) is 2.77. The van der Waals surface area contributed by atoms with Gasteiger partial charge in [-0.2, -0.15) is 0 Å². The molecule has 24 heavy (non-hydrogen) atoms. The highest BCUT2D eigenvalue weighted by Gasteiger charge is 2.18. The monoisotopic (exact) mass is 346 g/mol. The van der Waals surface area contributed by atoms with Gasteiger partial charge in [-0.05, 0) is 50.6 Å². The average molecular weight is 346 g/mol. The second kappa shape index (κ2) is 7.59. The molecule has 2 aromatic rings. The second-order valence-corrected chi connectivity index (χ2v) is 7.62. The molecule has 128 valence electrons. The van der Waals surface area contributed by atoms with E-state index in [4.69, 9.17) is 0 Å². The van der Waals surface area contributed by atoms with Crippen LogP contribution in [0.25, 0.3) is 0 Å². The molecule has 6 heteroatoms. The number of nitrogens with one attached hydrogen (secondary N) is 2. The van der Waals surface area contributed by atoms with Gasteiger partial charge in [-0.3, -0.25) is 4.79 Å². The number of benzene rings is 2. The first-order valence-electron chi connectivity index (χ1n) is 7.78. The van der Waals surface area contributed by atoms with E-state index in [1.54, 1.807) is 6.92 Å². The van der Waals surface area contributed by atoms with Crippen LogP contribution in [-0.2, 0) is 10.0 Å². The van der Waals surface area contributed by atoms with Crippen molar-refractivity contribution in [3.8, 4) is 0 Å². The van der Waals surface area contributed by atoms with Crippen molar-refractivity contribution in [1.29, 1.82) is 0 Å². The molecular formula is C18H22N2O3S. The molecule has 0 aromatic heterocycles. The fourth-order valence-electron chi connectivity index (χ4n) is 2.24. The van der Waals surface area contributed by atoms with Crippen molar-refractivity contribution in [3.05, 3.63) is 65.7 Å². The van der Waals surface area contributed by atoms with E-state index in [1.807, 2.05) is 44.2 Å². The Bertz CT molecular complexity index is 785. The summed E-state index contributed by atoms with van der Waals surface area (Å²) in [4.78, 5) is 12.0. The number of carbonyl (C=O) groups is 1. The molecule has 0 heterocycles. The molecule has 0 radical (unpaired) electrons. The zero-order chi connectivity index (χ0) is 17.7. The highest BCUT2D eigenvalue weighted by atomic mass is 32.2. The molecule has 0 bridgehead atoms. The Morgan fingerprint density at radius 3 is 2.04 bits per heavy atom. The highest BCUT2D eigenvalue weighted by molar-refractivity contribution is 7.89. The zero-order valence-electron chi connectivity index (χ0n) is 14.0. The largest absolute Gasteiger partial charge is 0.350 e. The van der Waals surface area contributed by atoms with E-state index < -0.39 is 10.0 Å². The Labute approximate surface area is 143 Å². The van der Waals surface area contributed by atoms with Crippen LogP contribution in [0, 0.1) is 0 Å². The summed E-state index contributed by atoms with van der Waals surface area (Å²) in [5.74, 6) is -0.223. The first-order valence-corrected chi connectivity index (χ1v) is 9.26. The highest BCUT2D eigenvalue weighted by Crippen LogP contribution is 2.17. The van der Waals surface area contributed by atoms with E-state index in [9.17, 15) is 13.2 Å². The first kappa shape index (κ1) is 18.2. The van der Waals surface area contributed by atoms with Crippen molar-refractivity contribution in [2.45, 2.75) is 37.8 Å². The Balaban J connectivity index is 2.13. The summed E-state index contributed by atoms with van der Waals surface area (Å²) in [6.45, 7) is 5.52. The standard InChI is InChI=1S/C18H22N2O3S/c1-13(2)19-18(21)16-9-11-17(12-10-16)24(22,23)20-14(3)15-7-5-4-6-8-15/h4-14,20H,1-3H3,(H,19,21). The summed E-state index contributed by atoms with van der Waals surface area (Å²) in [6.07, 6.45) is 0. The lowest BCUT2D eigenvalue weighted by Gasteiger charge is -2.15. The molecule has 1 atom stereocenters. The maximum atomic E-state index is 12.5. The molecule has 2 rings (SSSR count). The van der Waals surface area contributed by atoms with Crippen LogP contribution in [0.15, 0.2) is 59.5 Å². The number of carbonyl (C=O) groups excluding carboxylic acids is 1. The molecule has 1 amide bonds. The van der Waals surface area contributed by atoms with Crippen LogP contribution < -0.4 is 10.0 Å². The van der Waals surface area contributed by atoms with Gasteiger partial charge in [0.1, 0.15) is 0 Å². The zero-order valence-corrected chi connectivity index (χ0v) is 14.8. The van der Waals surface area contributed by atoms with Gasteiger partial charge in [0.2, 0.25) is 10.0 Å². The van der Waals surface area contributed by atoms with Gasteiger partial charge in [0.25, 0.3) is 5.91 Å². The van der Waals surface area contributed by atoms with Crippen LogP contribution in [0.5, 0.6) is 0 Å². The number of hydrogen-bond acceptors (Lipinski definition) is 3. The van der Waals surface area contributed by atoms with Gasteiger partial charge in [-0.1, -0.05) is 30.3 Å². The second-order valence-electron chi connectivity index (χ2n) is 5.91. The van der Waals surface area contributed by atoms with Crippen LogP contribution in [0.1, 0.15) is 42.7 Å². The predicted octanol–water partition coefficient (Wildman–Crippen LogP) is 2.86. The third-order valence-corrected chi connectivity index (χ3v) is 5.03. The quantitative estimate of drug-likeness (QED) is 0.844. The molecule has 0 fully saturated rings. The van der Waals surface area contributed by atoms with E-state index in [0.717, 1.165) is 5.56 Å². The maximum Gasteiger partial charge on any atom is 0.251 e. The van der Waals surface area contributed by atoms with Crippen LogP contribution in [0.4, 0.5) is 0 Å². The molecule has 5 nitrogen and oxygen atoms in total. The Morgan fingerprint density at radius 1 is 0.917 bits per heavy atom. The lowest BCUT2D eigenvalue weighted by atomic mass is 10.1. The Hall–Kier alpha value is -2.18. The molecule has 0 saturated heterocycles. The van der Waals surface area contributed by atoms with Gasteiger partial charge in [0.15, 0.2) is 0 Å². The summed E-state index contributed by atoms with van der Waals surface area (Å²) in [6, 6.07) is 14.9. The molecule has 2 N–H and O–H groups in total. The third-order valence-electron chi connectivity index (χ3n) is 3.48. The summed E-state index contributed by atoms with van der Waals surface area (Å²) < 4.78 is 27.6. The summed E-state index contributed by atoms with van der Waals surface area (Å²) >= 11 is 0. The number of rotatable bonds is 6. The maximum absolute atomic E-state index is 12.5. The lowest BCUT2D eigenvalue weighted by molar-refractivity contribution is 0.0943. The van der Waals surface area contributed by atoms with Crippen molar-refractivity contribution in [2.75, 3.05) is 0 Å². The predicted molar refractivity (Wildman–Crippen MR) is 94.2 cm³/mol. The number of hydrogen-bond donors (Lipinski definition) is 2. The molecule has 1 unspecified atom stereocenters. The number of sulfonamides is 1. The smallest absolute Gasteiger partial charge is 0.251 e. The summed E-state index contributed by atoms with van der Waals surface area (Å²) in [7, 11) is -3.65.